The Labute approximate surface area is 177 Å². The summed E-state index contributed by atoms with van der Waals surface area (Å²) < 4.78 is 7.56. The van der Waals surface area contributed by atoms with Crippen molar-refractivity contribution in [2.24, 2.45) is 5.92 Å². The van der Waals surface area contributed by atoms with Crippen molar-refractivity contribution in [1.29, 1.82) is 0 Å². The van der Waals surface area contributed by atoms with Gasteiger partial charge in [0.1, 0.15) is 5.75 Å². The van der Waals surface area contributed by atoms with E-state index in [0.717, 1.165) is 44.7 Å². The van der Waals surface area contributed by atoms with Gasteiger partial charge in [0.2, 0.25) is 0 Å². The molecule has 4 rings (SSSR count). The molecular weight excluding hydrogens is 376 g/mol. The topological polar surface area (TPSA) is 63.1 Å². The van der Waals surface area contributed by atoms with Crippen molar-refractivity contribution >= 4 is 5.97 Å². The molecule has 0 amide bonds. The van der Waals surface area contributed by atoms with Gasteiger partial charge in [0.25, 0.3) is 0 Å². The summed E-state index contributed by atoms with van der Waals surface area (Å²) in [6, 6.07) is 14.0. The van der Waals surface area contributed by atoms with E-state index in [4.69, 9.17) is 4.74 Å². The van der Waals surface area contributed by atoms with E-state index >= 15 is 0 Å². The Morgan fingerprint density at radius 2 is 1.97 bits per heavy atom. The van der Waals surface area contributed by atoms with Crippen molar-refractivity contribution in [2.75, 3.05) is 13.1 Å². The van der Waals surface area contributed by atoms with Gasteiger partial charge in [-0.3, -0.25) is 24.5 Å². The quantitative estimate of drug-likeness (QED) is 0.472. The highest BCUT2D eigenvalue weighted by Gasteiger charge is 2.22. The summed E-state index contributed by atoms with van der Waals surface area (Å²) >= 11 is 0. The predicted octanol–water partition coefficient (Wildman–Crippen LogP) is 4.20. The highest BCUT2D eigenvalue weighted by Crippen LogP contribution is 2.30. The van der Waals surface area contributed by atoms with Crippen LogP contribution in [0.5, 0.6) is 5.75 Å². The van der Waals surface area contributed by atoms with Crippen LogP contribution in [-0.2, 0) is 17.9 Å². The van der Waals surface area contributed by atoms with Crippen LogP contribution >= 0.6 is 0 Å². The summed E-state index contributed by atoms with van der Waals surface area (Å²) in [5, 5.41) is 3.42. The number of pyridine rings is 1. The number of piperidine rings is 1. The van der Waals surface area contributed by atoms with Crippen LogP contribution in [0.3, 0.4) is 0 Å². The Hall–Kier alpha value is -2.86. The van der Waals surface area contributed by atoms with Gasteiger partial charge in [-0.25, -0.2) is 0 Å². The van der Waals surface area contributed by atoms with Crippen LogP contribution in [0.4, 0.5) is 0 Å². The van der Waals surface area contributed by atoms with Gasteiger partial charge in [-0.15, -0.1) is 0 Å². The number of likely N-dealkylation sites (tertiary alicyclic amines) is 1. The van der Waals surface area contributed by atoms with E-state index in [-0.39, 0.29) is 11.9 Å². The number of hydrogen-bond donors (Lipinski definition) is 1. The van der Waals surface area contributed by atoms with Gasteiger partial charge in [-0.05, 0) is 61.7 Å². The van der Waals surface area contributed by atoms with Gasteiger partial charge in [-0.1, -0.05) is 32.0 Å². The van der Waals surface area contributed by atoms with Crippen LogP contribution in [0.2, 0.25) is 0 Å². The highest BCUT2D eigenvalue weighted by atomic mass is 16.5. The summed E-state index contributed by atoms with van der Waals surface area (Å²) in [7, 11) is 0. The Bertz CT molecular complexity index is 941. The van der Waals surface area contributed by atoms with Crippen LogP contribution in [0, 0.1) is 5.92 Å². The second kappa shape index (κ2) is 9.30. The van der Waals surface area contributed by atoms with Gasteiger partial charge in [0.05, 0.1) is 23.9 Å². The zero-order chi connectivity index (χ0) is 20.9. The third-order valence-corrected chi connectivity index (χ3v) is 5.66. The lowest BCUT2D eigenvalue weighted by molar-refractivity contribution is -0.137. The van der Waals surface area contributed by atoms with Gasteiger partial charge < -0.3 is 4.74 Å². The number of aromatic amines is 1. The van der Waals surface area contributed by atoms with Crippen molar-refractivity contribution in [3.63, 3.8) is 0 Å². The third kappa shape index (κ3) is 5.19. The first-order valence-corrected chi connectivity index (χ1v) is 10.7. The van der Waals surface area contributed by atoms with Crippen molar-refractivity contribution in [3.8, 4) is 5.75 Å². The van der Waals surface area contributed by atoms with Crippen molar-refractivity contribution in [2.45, 2.75) is 45.7 Å². The number of esters is 1. The smallest absolute Gasteiger partial charge is 0.313 e. The molecule has 1 aliphatic rings. The molecule has 1 aliphatic heterocycles. The second-order valence-electron chi connectivity index (χ2n) is 8.41. The molecule has 0 bridgehead atoms. The van der Waals surface area contributed by atoms with E-state index in [2.05, 4.69) is 31.9 Å². The SMILES string of the molecule is CC(C)C(=O)Oc1cccc(C2CCN(Cc3cn(Cc4ccccn4)[nH]3)CC2)c1. The molecule has 3 heterocycles. The van der Waals surface area contributed by atoms with Crippen LogP contribution in [0.25, 0.3) is 0 Å². The molecule has 30 heavy (non-hydrogen) atoms. The Balaban J connectivity index is 1.25. The maximum absolute atomic E-state index is 11.9. The van der Waals surface area contributed by atoms with E-state index in [1.54, 1.807) is 0 Å². The normalized spacial score (nSPS) is 15.6. The summed E-state index contributed by atoms with van der Waals surface area (Å²) in [5.74, 6) is 0.875. The standard InChI is InChI=1S/C24H30N4O2/c1-18(2)24(29)30-23-8-5-6-20(14-23)19-9-12-27(13-10-19)15-22-17-28(26-22)16-21-7-3-4-11-25-21/h3-8,11,14,17-19,26H,9-10,12-13,15-16H2,1-2H3. The van der Waals surface area contributed by atoms with Gasteiger partial charge in [-0.2, -0.15) is 0 Å². The fourth-order valence-corrected chi connectivity index (χ4v) is 3.93. The Kier molecular flexibility index (Phi) is 6.33. The third-order valence-electron chi connectivity index (χ3n) is 5.66. The van der Waals surface area contributed by atoms with Crippen molar-refractivity contribution in [1.82, 2.24) is 19.7 Å². The molecule has 6 heteroatoms. The maximum Gasteiger partial charge on any atom is 0.313 e. The maximum atomic E-state index is 11.9. The molecule has 0 unspecified atom stereocenters. The molecule has 1 saturated heterocycles. The summed E-state index contributed by atoms with van der Waals surface area (Å²) in [6.07, 6.45) is 6.24. The number of H-pyrrole nitrogens is 1. The number of benzene rings is 1. The number of nitrogens with zero attached hydrogens (tertiary/aromatic N) is 3. The molecule has 0 saturated carbocycles. The lowest BCUT2D eigenvalue weighted by atomic mass is 9.89. The largest absolute Gasteiger partial charge is 0.426 e. The van der Waals surface area contributed by atoms with Gasteiger partial charge in [0, 0.05) is 18.9 Å². The van der Waals surface area contributed by atoms with Crippen molar-refractivity contribution in [3.05, 3.63) is 71.8 Å². The van der Waals surface area contributed by atoms with Gasteiger partial charge >= 0.3 is 5.97 Å². The first kappa shape index (κ1) is 20.4. The fraction of sp³-hybridized carbons (Fsp3) is 0.417. The number of ether oxygens (including phenoxy) is 1. The summed E-state index contributed by atoms with van der Waals surface area (Å²) in [4.78, 5) is 18.7. The fourth-order valence-electron chi connectivity index (χ4n) is 3.93. The first-order chi connectivity index (χ1) is 14.6. The molecule has 158 valence electrons. The first-order valence-electron chi connectivity index (χ1n) is 10.7. The molecule has 0 spiro atoms. The van der Waals surface area contributed by atoms with E-state index in [9.17, 15) is 4.79 Å². The zero-order valence-electron chi connectivity index (χ0n) is 17.8. The van der Waals surface area contributed by atoms with Crippen LogP contribution in [0.1, 0.15) is 49.6 Å². The number of nitrogens with one attached hydrogen (secondary N) is 1. The van der Waals surface area contributed by atoms with Crippen LogP contribution in [0.15, 0.2) is 54.9 Å². The van der Waals surface area contributed by atoms with Crippen LogP contribution in [-0.4, -0.2) is 38.7 Å². The monoisotopic (exact) mass is 406 g/mol. The molecule has 1 N–H and O–H groups in total. The average Bonchev–Trinajstić information content (AvgIpc) is 2.73. The van der Waals surface area contributed by atoms with Crippen molar-refractivity contribution < 1.29 is 9.53 Å². The molecule has 1 fully saturated rings. The number of carbonyl (C=O) groups is 1. The lowest BCUT2D eigenvalue weighted by Gasteiger charge is -2.33. The average molecular weight is 407 g/mol. The molecule has 1 aromatic carbocycles. The van der Waals surface area contributed by atoms with E-state index in [1.807, 2.05) is 56.4 Å². The highest BCUT2D eigenvalue weighted by molar-refractivity contribution is 5.74. The minimum atomic E-state index is -0.180. The second-order valence-corrected chi connectivity index (χ2v) is 8.41. The number of aromatic nitrogens is 3. The minimum Gasteiger partial charge on any atom is -0.426 e. The summed E-state index contributed by atoms with van der Waals surface area (Å²) in [6.45, 7) is 7.58. The Morgan fingerprint density at radius 1 is 1.17 bits per heavy atom. The van der Waals surface area contributed by atoms with E-state index in [1.165, 1.54) is 11.3 Å². The molecule has 3 aromatic rings. The minimum absolute atomic E-state index is 0.119. The van der Waals surface area contributed by atoms with Crippen LogP contribution < -0.4 is 4.74 Å². The lowest BCUT2D eigenvalue weighted by Crippen LogP contribution is -2.34. The molecule has 2 aromatic heterocycles. The predicted molar refractivity (Wildman–Crippen MR) is 116 cm³/mol. The molecule has 0 atom stereocenters. The van der Waals surface area contributed by atoms with Gasteiger partial charge in [0.15, 0.2) is 0 Å². The zero-order valence-corrected chi connectivity index (χ0v) is 17.8. The Morgan fingerprint density at radius 3 is 2.67 bits per heavy atom. The van der Waals surface area contributed by atoms with E-state index in [0.29, 0.717) is 11.7 Å². The number of carbonyl (C=O) groups excluding carboxylic acids is 1. The molecule has 0 aliphatic carbocycles. The molecule has 6 nitrogen and oxygen atoms in total. The molecule has 0 radical (unpaired) electrons. The molecular formula is C24H30N4O2. The van der Waals surface area contributed by atoms with E-state index < -0.39 is 0 Å². The number of rotatable bonds is 7. The number of hydrogen-bond acceptors (Lipinski definition) is 4. The summed E-state index contributed by atoms with van der Waals surface area (Å²) in [5.41, 5.74) is 3.58.